The number of aromatic hydroxyl groups is 1. The van der Waals surface area contributed by atoms with Gasteiger partial charge in [0.1, 0.15) is 5.75 Å². The normalized spacial score (nSPS) is 22.3. The fourth-order valence-corrected chi connectivity index (χ4v) is 4.22. The summed E-state index contributed by atoms with van der Waals surface area (Å²) >= 11 is 0. The Kier molecular flexibility index (Phi) is 6.56. The number of benzene rings is 1. The lowest BCUT2D eigenvalue weighted by atomic mass is 9.75. The Labute approximate surface area is 143 Å². The van der Waals surface area contributed by atoms with Crippen LogP contribution < -0.4 is 0 Å². The number of rotatable bonds is 7. The van der Waals surface area contributed by atoms with Gasteiger partial charge in [-0.05, 0) is 53.7 Å². The minimum atomic E-state index is 0.156. The molecule has 0 amide bonds. The molecule has 2 rings (SSSR count). The maximum absolute atomic E-state index is 10.6. The molecule has 1 aliphatic rings. The van der Waals surface area contributed by atoms with Gasteiger partial charge in [0.2, 0.25) is 0 Å². The maximum atomic E-state index is 10.6. The molecular weight excluding hydrogens is 280 g/mol. The monoisotopic (exact) mass is 316 g/mol. The smallest absolute Gasteiger partial charge is 0.119 e. The Bertz CT molecular complexity index is 489. The third kappa shape index (κ3) is 4.75. The van der Waals surface area contributed by atoms with Crippen LogP contribution in [0.25, 0.3) is 0 Å². The number of phenolic OH excluding ortho intramolecular Hbond substituents is 1. The lowest BCUT2D eigenvalue weighted by molar-refractivity contribution is 0.309. The number of hydrogen-bond acceptors (Lipinski definition) is 1. The molecule has 0 saturated heterocycles. The highest BCUT2D eigenvalue weighted by molar-refractivity contribution is 5.41. The SMILES string of the molecule is CCCCCC(C)(C)c1ccc(C2CCCC(CC)C2)c(O)c1. The van der Waals surface area contributed by atoms with Crippen molar-refractivity contribution in [2.75, 3.05) is 0 Å². The van der Waals surface area contributed by atoms with Crippen molar-refractivity contribution in [3.63, 3.8) is 0 Å². The highest BCUT2D eigenvalue weighted by Crippen LogP contribution is 2.42. The Balaban J connectivity index is 2.11. The number of unbranched alkanes of at least 4 members (excludes halogenated alkanes) is 2. The zero-order valence-corrected chi connectivity index (χ0v) is 15.7. The second kappa shape index (κ2) is 8.22. The molecular formula is C22H36O. The summed E-state index contributed by atoms with van der Waals surface area (Å²) in [7, 11) is 0. The standard InChI is InChI=1S/C22H36O/c1-5-7-8-14-22(3,4)19-12-13-20(21(23)16-19)18-11-9-10-17(6-2)15-18/h12-13,16-18,23H,5-11,14-15H2,1-4H3. The van der Waals surface area contributed by atoms with Gasteiger partial charge < -0.3 is 5.11 Å². The van der Waals surface area contributed by atoms with Gasteiger partial charge in [-0.25, -0.2) is 0 Å². The highest BCUT2D eigenvalue weighted by Gasteiger charge is 2.26. The molecule has 1 aromatic rings. The molecule has 1 N–H and O–H groups in total. The average molecular weight is 317 g/mol. The molecule has 1 heteroatoms. The topological polar surface area (TPSA) is 20.2 Å². The van der Waals surface area contributed by atoms with Gasteiger partial charge in [0.05, 0.1) is 0 Å². The molecule has 23 heavy (non-hydrogen) atoms. The van der Waals surface area contributed by atoms with E-state index in [0.717, 1.165) is 5.92 Å². The van der Waals surface area contributed by atoms with E-state index in [1.807, 2.05) is 0 Å². The molecule has 130 valence electrons. The first-order valence-corrected chi connectivity index (χ1v) is 9.81. The summed E-state index contributed by atoms with van der Waals surface area (Å²) in [5.74, 6) is 1.94. The summed E-state index contributed by atoms with van der Waals surface area (Å²) in [6, 6.07) is 6.54. The van der Waals surface area contributed by atoms with Crippen LogP contribution in [0.2, 0.25) is 0 Å². The fourth-order valence-electron chi connectivity index (χ4n) is 4.22. The quantitative estimate of drug-likeness (QED) is 0.540. The summed E-state index contributed by atoms with van der Waals surface area (Å²) in [6.45, 7) is 9.17. The van der Waals surface area contributed by atoms with Gasteiger partial charge in [0.25, 0.3) is 0 Å². The minimum Gasteiger partial charge on any atom is -0.508 e. The van der Waals surface area contributed by atoms with Crippen molar-refractivity contribution >= 4 is 0 Å². The zero-order valence-electron chi connectivity index (χ0n) is 15.7. The summed E-state index contributed by atoms with van der Waals surface area (Å²) in [4.78, 5) is 0. The summed E-state index contributed by atoms with van der Waals surface area (Å²) in [6.07, 6.45) is 11.5. The molecule has 1 saturated carbocycles. The molecule has 2 atom stereocenters. The number of hydrogen-bond donors (Lipinski definition) is 1. The van der Waals surface area contributed by atoms with Crippen molar-refractivity contribution in [1.29, 1.82) is 0 Å². The van der Waals surface area contributed by atoms with Crippen LogP contribution in [-0.2, 0) is 5.41 Å². The van der Waals surface area contributed by atoms with E-state index in [1.54, 1.807) is 0 Å². The van der Waals surface area contributed by atoms with E-state index in [4.69, 9.17) is 0 Å². The first-order valence-electron chi connectivity index (χ1n) is 9.81. The molecule has 0 radical (unpaired) electrons. The van der Waals surface area contributed by atoms with E-state index in [2.05, 4.69) is 45.9 Å². The van der Waals surface area contributed by atoms with Crippen molar-refractivity contribution in [1.82, 2.24) is 0 Å². The highest BCUT2D eigenvalue weighted by atomic mass is 16.3. The molecule has 0 aliphatic heterocycles. The molecule has 1 nitrogen and oxygen atoms in total. The fraction of sp³-hybridized carbons (Fsp3) is 0.727. The van der Waals surface area contributed by atoms with Gasteiger partial charge in [0.15, 0.2) is 0 Å². The van der Waals surface area contributed by atoms with E-state index >= 15 is 0 Å². The van der Waals surface area contributed by atoms with Gasteiger partial charge in [-0.2, -0.15) is 0 Å². The first-order chi connectivity index (χ1) is 11.0. The Morgan fingerprint density at radius 3 is 2.57 bits per heavy atom. The minimum absolute atomic E-state index is 0.156. The molecule has 1 aromatic carbocycles. The Morgan fingerprint density at radius 2 is 1.91 bits per heavy atom. The predicted octanol–water partition coefficient (Wildman–Crippen LogP) is 6.93. The van der Waals surface area contributed by atoms with Crippen molar-refractivity contribution in [2.24, 2.45) is 5.92 Å². The van der Waals surface area contributed by atoms with E-state index < -0.39 is 0 Å². The van der Waals surface area contributed by atoms with Gasteiger partial charge in [0, 0.05) is 0 Å². The van der Waals surface area contributed by atoms with Gasteiger partial charge in [-0.15, -0.1) is 0 Å². The molecule has 0 heterocycles. The summed E-state index contributed by atoms with van der Waals surface area (Å²) in [5.41, 5.74) is 2.64. The van der Waals surface area contributed by atoms with Crippen LogP contribution in [0.5, 0.6) is 5.75 Å². The second-order valence-electron chi connectivity index (χ2n) is 8.25. The molecule has 0 aromatic heterocycles. The van der Waals surface area contributed by atoms with Crippen LogP contribution in [0.4, 0.5) is 0 Å². The maximum Gasteiger partial charge on any atom is 0.119 e. The summed E-state index contributed by atoms with van der Waals surface area (Å²) in [5, 5.41) is 10.6. The van der Waals surface area contributed by atoms with Gasteiger partial charge in [-0.1, -0.05) is 78.4 Å². The molecule has 1 aliphatic carbocycles. The number of phenols is 1. The largest absolute Gasteiger partial charge is 0.508 e. The Morgan fingerprint density at radius 1 is 1.13 bits per heavy atom. The predicted molar refractivity (Wildman–Crippen MR) is 100 cm³/mol. The van der Waals surface area contributed by atoms with Crippen LogP contribution in [-0.4, -0.2) is 5.11 Å². The van der Waals surface area contributed by atoms with Crippen LogP contribution in [0.3, 0.4) is 0 Å². The second-order valence-corrected chi connectivity index (χ2v) is 8.25. The van der Waals surface area contributed by atoms with Crippen molar-refractivity contribution in [2.45, 2.75) is 96.8 Å². The van der Waals surface area contributed by atoms with E-state index in [1.165, 1.54) is 68.9 Å². The van der Waals surface area contributed by atoms with Crippen molar-refractivity contribution in [3.05, 3.63) is 29.3 Å². The third-order valence-electron chi connectivity index (χ3n) is 6.02. The Hall–Kier alpha value is -0.980. The van der Waals surface area contributed by atoms with E-state index in [-0.39, 0.29) is 5.41 Å². The molecule has 1 fully saturated rings. The van der Waals surface area contributed by atoms with Crippen molar-refractivity contribution < 1.29 is 5.11 Å². The van der Waals surface area contributed by atoms with Crippen LogP contribution in [0.1, 0.15) is 103 Å². The third-order valence-corrected chi connectivity index (χ3v) is 6.02. The molecule has 2 unspecified atom stereocenters. The zero-order chi connectivity index (χ0) is 16.9. The first kappa shape index (κ1) is 18.4. The van der Waals surface area contributed by atoms with Crippen LogP contribution in [0.15, 0.2) is 18.2 Å². The average Bonchev–Trinajstić information content (AvgIpc) is 2.55. The van der Waals surface area contributed by atoms with Crippen LogP contribution >= 0.6 is 0 Å². The summed E-state index contributed by atoms with van der Waals surface area (Å²) < 4.78 is 0. The van der Waals surface area contributed by atoms with Gasteiger partial charge in [-0.3, -0.25) is 0 Å². The lowest BCUT2D eigenvalue weighted by Crippen LogP contribution is -2.18. The van der Waals surface area contributed by atoms with E-state index in [0.29, 0.717) is 11.7 Å². The van der Waals surface area contributed by atoms with Gasteiger partial charge >= 0.3 is 0 Å². The lowest BCUT2D eigenvalue weighted by Gasteiger charge is -2.30. The van der Waals surface area contributed by atoms with Crippen LogP contribution in [0, 0.1) is 5.92 Å². The molecule has 0 bridgehead atoms. The van der Waals surface area contributed by atoms with Crippen molar-refractivity contribution in [3.8, 4) is 5.75 Å². The molecule has 0 spiro atoms. The van der Waals surface area contributed by atoms with E-state index in [9.17, 15) is 5.11 Å².